The number of nitrogens with one attached hydrogen (secondary N) is 1. The zero-order chi connectivity index (χ0) is 14.5. The molecule has 0 aliphatic carbocycles. The SMILES string of the molecule is CC(C)CCS(=O)(=O)NCCc1nc(C(=O)O)cs1. The highest BCUT2D eigenvalue weighted by Crippen LogP contribution is 2.10. The fourth-order valence-electron chi connectivity index (χ4n) is 1.30. The van der Waals surface area contributed by atoms with E-state index in [1.54, 1.807) is 0 Å². The minimum absolute atomic E-state index is 0.00247. The van der Waals surface area contributed by atoms with E-state index in [1.807, 2.05) is 13.8 Å². The standard InChI is InChI=1S/C11H18N2O4S2/c1-8(2)4-6-19(16,17)12-5-3-10-13-9(7-18-10)11(14)15/h7-8,12H,3-6H2,1-2H3,(H,14,15). The van der Waals surface area contributed by atoms with Crippen molar-refractivity contribution in [2.24, 2.45) is 5.92 Å². The van der Waals surface area contributed by atoms with E-state index in [0.717, 1.165) is 0 Å². The summed E-state index contributed by atoms with van der Waals surface area (Å²) in [4.78, 5) is 14.5. The van der Waals surface area contributed by atoms with E-state index in [-0.39, 0.29) is 18.0 Å². The predicted molar refractivity (Wildman–Crippen MR) is 74.0 cm³/mol. The molecular weight excluding hydrogens is 288 g/mol. The molecule has 0 fully saturated rings. The highest BCUT2D eigenvalue weighted by molar-refractivity contribution is 7.89. The number of rotatable bonds is 8. The van der Waals surface area contributed by atoms with Crippen molar-refractivity contribution in [1.29, 1.82) is 0 Å². The van der Waals surface area contributed by atoms with Gasteiger partial charge in [-0.1, -0.05) is 13.8 Å². The predicted octanol–water partition coefficient (Wildman–Crippen LogP) is 1.35. The molecule has 0 aliphatic heterocycles. The second-order valence-electron chi connectivity index (χ2n) is 4.58. The number of sulfonamides is 1. The summed E-state index contributed by atoms with van der Waals surface area (Å²) in [6.45, 7) is 4.18. The molecule has 1 aromatic heterocycles. The number of hydrogen-bond acceptors (Lipinski definition) is 5. The van der Waals surface area contributed by atoms with Gasteiger partial charge >= 0.3 is 5.97 Å². The third-order valence-corrected chi connectivity index (χ3v) is 4.72. The molecule has 0 aromatic carbocycles. The number of thiazole rings is 1. The van der Waals surface area contributed by atoms with Gasteiger partial charge in [0.05, 0.1) is 10.8 Å². The van der Waals surface area contributed by atoms with Gasteiger partial charge in [0.15, 0.2) is 5.69 Å². The normalized spacial score (nSPS) is 11.9. The summed E-state index contributed by atoms with van der Waals surface area (Å²) in [5.41, 5.74) is 0.00247. The molecule has 19 heavy (non-hydrogen) atoms. The molecule has 0 radical (unpaired) electrons. The van der Waals surface area contributed by atoms with Gasteiger partial charge in [0.25, 0.3) is 0 Å². The van der Waals surface area contributed by atoms with E-state index in [9.17, 15) is 13.2 Å². The van der Waals surface area contributed by atoms with Crippen LogP contribution in [0.3, 0.4) is 0 Å². The Kier molecular flexibility index (Phi) is 5.89. The Bertz CT molecular complexity index is 523. The molecule has 6 nitrogen and oxygen atoms in total. The van der Waals surface area contributed by atoms with Crippen LogP contribution in [-0.2, 0) is 16.4 Å². The maximum Gasteiger partial charge on any atom is 0.355 e. The van der Waals surface area contributed by atoms with E-state index in [4.69, 9.17) is 5.11 Å². The summed E-state index contributed by atoms with van der Waals surface area (Å²) < 4.78 is 25.7. The first-order valence-electron chi connectivity index (χ1n) is 5.95. The number of nitrogens with zero attached hydrogens (tertiary/aromatic N) is 1. The van der Waals surface area contributed by atoms with Crippen molar-refractivity contribution in [2.45, 2.75) is 26.7 Å². The van der Waals surface area contributed by atoms with Gasteiger partial charge in [0.1, 0.15) is 0 Å². The second kappa shape index (κ2) is 6.97. The molecule has 0 aliphatic rings. The van der Waals surface area contributed by atoms with Crippen molar-refractivity contribution in [1.82, 2.24) is 9.71 Å². The monoisotopic (exact) mass is 306 g/mol. The smallest absolute Gasteiger partial charge is 0.355 e. The number of aromatic nitrogens is 1. The van der Waals surface area contributed by atoms with Crippen molar-refractivity contribution in [2.75, 3.05) is 12.3 Å². The molecular formula is C11H18N2O4S2. The minimum atomic E-state index is -3.25. The van der Waals surface area contributed by atoms with Gasteiger partial charge in [0, 0.05) is 18.3 Å². The van der Waals surface area contributed by atoms with Gasteiger partial charge in [-0.3, -0.25) is 0 Å². The zero-order valence-electron chi connectivity index (χ0n) is 10.9. The second-order valence-corrected chi connectivity index (χ2v) is 7.45. The van der Waals surface area contributed by atoms with Crippen LogP contribution in [0.2, 0.25) is 0 Å². The average Bonchev–Trinajstić information content (AvgIpc) is 2.75. The summed E-state index contributed by atoms with van der Waals surface area (Å²) >= 11 is 1.22. The Hall–Kier alpha value is -0.990. The number of carbonyl (C=O) groups is 1. The number of carboxylic acid groups (broad SMARTS) is 1. The molecule has 8 heteroatoms. The average molecular weight is 306 g/mol. The van der Waals surface area contributed by atoms with Crippen molar-refractivity contribution in [3.63, 3.8) is 0 Å². The Balaban J connectivity index is 2.38. The topological polar surface area (TPSA) is 96.4 Å². The lowest BCUT2D eigenvalue weighted by Crippen LogP contribution is -2.28. The number of aromatic carboxylic acids is 1. The molecule has 0 bridgehead atoms. The molecule has 0 saturated carbocycles. The first-order chi connectivity index (χ1) is 8.80. The molecule has 0 unspecified atom stereocenters. The quantitative estimate of drug-likeness (QED) is 0.755. The Morgan fingerprint density at radius 2 is 2.21 bits per heavy atom. The third-order valence-electron chi connectivity index (χ3n) is 2.40. The van der Waals surface area contributed by atoms with Crippen molar-refractivity contribution in [3.05, 3.63) is 16.1 Å². The summed E-state index contributed by atoms with van der Waals surface area (Å²) in [7, 11) is -3.25. The van der Waals surface area contributed by atoms with Crippen molar-refractivity contribution in [3.8, 4) is 0 Å². The van der Waals surface area contributed by atoms with Crippen LogP contribution in [0, 0.1) is 5.92 Å². The van der Waals surface area contributed by atoms with E-state index in [0.29, 0.717) is 23.8 Å². The molecule has 0 saturated heterocycles. The lowest BCUT2D eigenvalue weighted by molar-refractivity contribution is 0.0691. The summed E-state index contributed by atoms with van der Waals surface area (Å²) in [6.07, 6.45) is 1.02. The van der Waals surface area contributed by atoms with Gasteiger partial charge in [-0.25, -0.2) is 22.9 Å². The molecule has 2 N–H and O–H groups in total. The van der Waals surface area contributed by atoms with Crippen LogP contribution in [-0.4, -0.2) is 36.8 Å². The van der Waals surface area contributed by atoms with E-state index in [1.165, 1.54) is 16.7 Å². The zero-order valence-corrected chi connectivity index (χ0v) is 12.6. The molecule has 0 amide bonds. The lowest BCUT2D eigenvalue weighted by atomic mass is 10.2. The maximum absolute atomic E-state index is 11.6. The first kappa shape index (κ1) is 16.1. The summed E-state index contributed by atoms with van der Waals surface area (Å²) in [6, 6.07) is 0. The maximum atomic E-state index is 11.6. The van der Waals surface area contributed by atoms with Gasteiger partial charge < -0.3 is 5.11 Å². The number of carboxylic acids is 1. The lowest BCUT2D eigenvalue weighted by Gasteiger charge is -2.07. The molecule has 0 spiro atoms. The highest BCUT2D eigenvalue weighted by atomic mass is 32.2. The highest BCUT2D eigenvalue weighted by Gasteiger charge is 2.12. The van der Waals surface area contributed by atoms with E-state index < -0.39 is 16.0 Å². The minimum Gasteiger partial charge on any atom is -0.476 e. The molecule has 1 rings (SSSR count). The summed E-state index contributed by atoms with van der Waals surface area (Å²) in [5, 5.41) is 10.8. The van der Waals surface area contributed by atoms with Gasteiger partial charge in [-0.15, -0.1) is 11.3 Å². The van der Waals surface area contributed by atoms with Crippen LogP contribution in [0.4, 0.5) is 0 Å². The molecule has 1 heterocycles. The number of hydrogen-bond donors (Lipinski definition) is 2. The molecule has 1 aromatic rings. The Labute approximate surface area is 116 Å². The molecule has 108 valence electrons. The summed E-state index contributed by atoms with van der Waals surface area (Å²) in [5.74, 6) is -0.614. The van der Waals surface area contributed by atoms with Crippen molar-refractivity contribution < 1.29 is 18.3 Å². The van der Waals surface area contributed by atoms with E-state index >= 15 is 0 Å². The van der Waals surface area contributed by atoms with Gasteiger partial charge in [-0.2, -0.15) is 0 Å². The van der Waals surface area contributed by atoms with Gasteiger partial charge in [-0.05, 0) is 12.3 Å². The third kappa shape index (κ3) is 6.13. The van der Waals surface area contributed by atoms with Crippen LogP contribution in [0.1, 0.15) is 35.8 Å². The van der Waals surface area contributed by atoms with Crippen LogP contribution in [0.15, 0.2) is 5.38 Å². The molecule has 0 atom stereocenters. The van der Waals surface area contributed by atoms with Gasteiger partial charge in [0.2, 0.25) is 10.0 Å². The van der Waals surface area contributed by atoms with Crippen LogP contribution >= 0.6 is 11.3 Å². The Morgan fingerprint density at radius 1 is 1.53 bits per heavy atom. The van der Waals surface area contributed by atoms with Crippen LogP contribution < -0.4 is 4.72 Å². The Morgan fingerprint density at radius 3 is 2.74 bits per heavy atom. The fourth-order valence-corrected chi connectivity index (χ4v) is 3.41. The van der Waals surface area contributed by atoms with Crippen molar-refractivity contribution >= 4 is 27.3 Å². The van der Waals surface area contributed by atoms with Crippen LogP contribution in [0.25, 0.3) is 0 Å². The largest absolute Gasteiger partial charge is 0.476 e. The fraction of sp³-hybridized carbons (Fsp3) is 0.636. The van der Waals surface area contributed by atoms with Crippen LogP contribution in [0.5, 0.6) is 0 Å². The first-order valence-corrected chi connectivity index (χ1v) is 8.48. The van der Waals surface area contributed by atoms with E-state index in [2.05, 4.69) is 9.71 Å².